The number of hydrogen-bond acceptors (Lipinski definition) is 17. The van der Waals surface area contributed by atoms with Crippen molar-refractivity contribution in [2.45, 2.75) is 205 Å². The summed E-state index contributed by atoms with van der Waals surface area (Å²) in [7, 11) is 0. The second kappa shape index (κ2) is 17.8. The monoisotopic (exact) mass is 941 g/mol. The molecule has 2 unspecified atom stereocenters. The zero-order valence-electron chi connectivity index (χ0n) is 39.7. The fraction of sp³-hybridized carbons (Fsp3) is 0.917. The molecule has 3 aliphatic heterocycles. The van der Waals surface area contributed by atoms with Gasteiger partial charge in [-0.25, -0.2) is 0 Å². The Morgan fingerprint density at radius 2 is 1.39 bits per heavy atom. The average Bonchev–Trinajstić information content (AvgIpc) is 3.24. The van der Waals surface area contributed by atoms with Crippen LogP contribution in [-0.2, 0) is 42.7 Å². The molecule has 0 spiro atoms. The summed E-state index contributed by atoms with van der Waals surface area (Å²) in [5.41, 5.74) is -2.14. The highest BCUT2D eigenvalue weighted by atomic mass is 16.8. The van der Waals surface area contributed by atoms with E-state index in [0.717, 1.165) is 37.7 Å². The molecular formula is C48H76O18. The predicted molar refractivity (Wildman–Crippen MR) is 230 cm³/mol. The van der Waals surface area contributed by atoms with Gasteiger partial charge in [0.15, 0.2) is 25.0 Å². The molecule has 7 fully saturated rings. The first-order valence-electron chi connectivity index (χ1n) is 24.2. The van der Waals surface area contributed by atoms with E-state index in [0.29, 0.717) is 25.7 Å². The molecule has 23 atom stereocenters. The predicted octanol–water partition coefficient (Wildman–Crippen LogP) is 1.53. The lowest BCUT2D eigenvalue weighted by molar-refractivity contribution is -0.381. The first-order valence-corrected chi connectivity index (χ1v) is 24.2. The lowest BCUT2D eigenvalue weighted by atomic mass is 9.33. The number of aliphatic hydroxyl groups is 8. The number of fused-ring (bicyclic) bond motifs is 7. The summed E-state index contributed by atoms with van der Waals surface area (Å²) in [6.45, 7) is 15.1. The molecule has 0 bridgehead atoms. The summed E-state index contributed by atoms with van der Waals surface area (Å²) >= 11 is 0. The maximum atomic E-state index is 13.2. The zero-order chi connectivity index (χ0) is 48.3. The van der Waals surface area contributed by atoms with E-state index < -0.39 is 134 Å². The molecule has 0 aromatic heterocycles. The Morgan fingerprint density at radius 3 is 2.06 bits per heavy atom. The number of carboxylic acid groups (broad SMARTS) is 1. The van der Waals surface area contributed by atoms with Gasteiger partial charge in [0.1, 0.15) is 54.9 Å². The summed E-state index contributed by atoms with van der Waals surface area (Å²) in [6, 6.07) is 0. The fourth-order valence-corrected chi connectivity index (χ4v) is 15.1. The standard InChI is InChI=1S/C48H76O18/c1-22-11-16-48(42(57)58)18-17-45(6)24(38(48)47(22,8)59)9-10-29-44(5)14-13-30(43(3,4)28(44)12-15-46(29,45)7)64-40-37(62-23(2)50)35(26(52)21-61-40)65-41-36(33(55)32(54)27(19-49)63-41)66-39-34(56)31(53)25(51)20-60-39/h9,22,25-41,49,51-56,59H,10-21H2,1-8H3,(H,57,58)/t22-,25-,26+,27-,28?,29-,30+,31+,32-,33+,34-,35+,36-,37-,38?,39+,40-,41+,44+,45-,46-,47-,48+/m1/s1. The van der Waals surface area contributed by atoms with Crippen LogP contribution in [0.5, 0.6) is 0 Å². The number of aliphatic carboxylic acids is 1. The van der Waals surface area contributed by atoms with Crippen molar-refractivity contribution in [3.8, 4) is 0 Å². The van der Waals surface area contributed by atoms with Crippen LogP contribution in [0, 0.1) is 50.7 Å². The van der Waals surface area contributed by atoms with Crippen LogP contribution >= 0.6 is 0 Å². The van der Waals surface area contributed by atoms with Gasteiger partial charge in [-0.15, -0.1) is 0 Å². The number of carbonyl (C=O) groups is 2. The van der Waals surface area contributed by atoms with E-state index in [1.165, 1.54) is 6.92 Å². The van der Waals surface area contributed by atoms with Crippen molar-refractivity contribution in [3.63, 3.8) is 0 Å². The van der Waals surface area contributed by atoms with E-state index >= 15 is 0 Å². The molecule has 0 aromatic carbocycles. The van der Waals surface area contributed by atoms with E-state index in [4.69, 9.17) is 33.2 Å². The molecule has 0 aromatic rings. The number of aliphatic hydroxyl groups excluding tert-OH is 7. The van der Waals surface area contributed by atoms with Gasteiger partial charge in [-0.3, -0.25) is 9.59 Å². The molecule has 18 heteroatoms. The molecular weight excluding hydrogens is 865 g/mol. The number of allylic oxidation sites excluding steroid dienone is 1. The van der Waals surface area contributed by atoms with Crippen LogP contribution in [-0.4, -0.2) is 169 Å². The first-order chi connectivity index (χ1) is 30.8. The van der Waals surface area contributed by atoms with Gasteiger partial charge >= 0.3 is 11.9 Å². The van der Waals surface area contributed by atoms with Crippen molar-refractivity contribution < 1.29 is 88.7 Å². The van der Waals surface area contributed by atoms with Gasteiger partial charge in [-0.1, -0.05) is 53.2 Å². The molecule has 0 radical (unpaired) electrons. The van der Waals surface area contributed by atoms with Gasteiger partial charge in [0.25, 0.3) is 0 Å². The Kier molecular flexibility index (Phi) is 13.6. The second-order valence-corrected chi connectivity index (χ2v) is 22.8. The Labute approximate surface area is 386 Å². The largest absolute Gasteiger partial charge is 0.481 e. The average molecular weight is 941 g/mol. The quantitative estimate of drug-likeness (QED) is 0.0900. The highest BCUT2D eigenvalue weighted by Gasteiger charge is 2.72. The highest BCUT2D eigenvalue weighted by molar-refractivity contribution is 5.77. The van der Waals surface area contributed by atoms with Gasteiger partial charge in [0, 0.05) is 12.8 Å². The zero-order valence-corrected chi connectivity index (χ0v) is 39.7. The van der Waals surface area contributed by atoms with Crippen LogP contribution in [0.15, 0.2) is 11.6 Å². The summed E-state index contributed by atoms with van der Waals surface area (Å²) in [5, 5.41) is 97.5. The van der Waals surface area contributed by atoms with E-state index in [1.807, 2.05) is 13.8 Å². The van der Waals surface area contributed by atoms with E-state index in [1.54, 1.807) is 0 Å². The Balaban J connectivity index is 1.04. The number of carbonyl (C=O) groups excluding carboxylic acids is 1. The third-order valence-corrected chi connectivity index (χ3v) is 19.3. The molecule has 9 N–H and O–H groups in total. The SMILES string of the molecule is CC(=O)O[C@H]1[C@@H](O[C@H]2CC[C@@]3(C)C(CC[C@]4(C)[C@@H]3CC=C3C5[C@](C(=O)O)(CC[C@@H](C)[C@@]5(C)O)CC[C@]34C)C2(C)C)OC[C@H](O)[C@@H]1O[C@@H]1O[C@H](CO)[C@@H](O)[C@H](O)[C@H]1O[C@@H]1OC[C@@H](O)[C@H](O)[C@H]1O. The van der Waals surface area contributed by atoms with Gasteiger partial charge in [-0.2, -0.15) is 0 Å². The van der Waals surface area contributed by atoms with Gasteiger partial charge in [0.05, 0.1) is 36.9 Å². The number of hydrogen-bond donors (Lipinski definition) is 9. The smallest absolute Gasteiger partial charge is 0.310 e. The van der Waals surface area contributed by atoms with E-state index in [2.05, 4.69) is 40.7 Å². The minimum absolute atomic E-state index is 0.0392. The maximum absolute atomic E-state index is 13.2. The molecule has 8 aliphatic rings. The van der Waals surface area contributed by atoms with Crippen LogP contribution in [0.3, 0.4) is 0 Å². The van der Waals surface area contributed by atoms with Gasteiger partial charge < -0.3 is 79.1 Å². The van der Waals surface area contributed by atoms with Crippen LogP contribution in [0.2, 0.25) is 0 Å². The molecule has 4 saturated carbocycles. The van der Waals surface area contributed by atoms with Crippen LogP contribution in [0.1, 0.15) is 113 Å². The van der Waals surface area contributed by atoms with Gasteiger partial charge in [-0.05, 0) is 104 Å². The molecule has 3 saturated heterocycles. The van der Waals surface area contributed by atoms with Crippen molar-refractivity contribution in [2.24, 2.45) is 50.7 Å². The van der Waals surface area contributed by atoms with Crippen molar-refractivity contribution in [1.29, 1.82) is 0 Å². The Morgan fingerprint density at radius 1 is 0.727 bits per heavy atom. The first kappa shape index (κ1) is 50.5. The number of carboxylic acids is 1. The molecule has 8 rings (SSSR count). The lowest BCUT2D eigenvalue weighted by Crippen LogP contribution is -2.68. The molecule has 0 amide bonds. The second-order valence-electron chi connectivity index (χ2n) is 22.8. The van der Waals surface area contributed by atoms with Crippen molar-refractivity contribution in [3.05, 3.63) is 11.6 Å². The minimum atomic E-state index is -1.82. The fourth-order valence-electron chi connectivity index (χ4n) is 15.1. The maximum Gasteiger partial charge on any atom is 0.310 e. The van der Waals surface area contributed by atoms with Crippen LogP contribution < -0.4 is 0 Å². The Bertz CT molecular complexity index is 1840. The van der Waals surface area contributed by atoms with Crippen molar-refractivity contribution >= 4 is 11.9 Å². The summed E-state index contributed by atoms with van der Waals surface area (Å²) in [4.78, 5) is 26.0. The topological polar surface area (TPSA) is 281 Å². The molecule has 3 heterocycles. The van der Waals surface area contributed by atoms with Gasteiger partial charge in [0.2, 0.25) is 0 Å². The molecule has 18 nitrogen and oxygen atoms in total. The number of esters is 1. The highest BCUT2D eigenvalue weighted by Crippen LogP contribution is 2.76. The Hall–Kier alpha value is -1.88. The summed E-state index contributed by atoms with van der Waals surface area (Å²) < 4.78 is 42.2. The summed E-state index contributed by atoms with van der Waals surface area (Å²) in [5.74, 6) is -1.63. The van der Waals surface area contributed by atoms with Crippen molar-refractivity contribution in [2.75, 3.05) is 19.8 Å². The normalized spacial score (nSPS) is 53.5. The van der Waals surface area contributed by atoms with Crippen LogP contribution in [0.25, 0.3) is 0 Å². The third-order valence-electron chi connectivity index (χ3n) is 19.3. The summed E-state index contributed by atoms with van der Waals surface area (Å²) in [6.07, 6.45) is -12.0. The van der Waals surface area contributed by atoms with Crippen molar-refractivity contribution in [1.82, 2.24) is 0 Å². The third kappa shape index (κ3) is 7.74. The lowest BCUT2D eigenvalue weighted by Gasteiger charge is -2.72. The number of rotatable bonds is 9. The van der Waals surface area contributed by atoms with E-state index in [-0.39, 0.29) is 40.6 Å². The number of ether oxygens (including phenoxy) is 7. The van der Waals surface area contributed by atoms with Crippen LogP contribution in [0.4, 0.5) is 0 Å². The van der Waals surface area contributed by atoms with E-state index in [9.17, 15) is 55.5 Å². The minimum Gasteiger partial charge on any atom is -0.481 e. The molecule has 66 heavy (non-hydrogen) atoms. The molecule has 5 aliphatic carbocycles. The molecule has 376 valence electrons.